The van der Waals surface area contributed by atoms with E-state index in [0.717, 1.165) is 38.5 Å². The number of allylic oxidation sites excluding steroid dienone is 12. The summed E-state index contributed by atoms with van der Waals surface area (Å²) in [6.45, 7) is 2.59. The summed E-state index contributed by atoms with van der Waals surface area (Å²) in [7, 11) is -2.32. The molecule has 254 valence electrons. The topological polar surface area (TPSA) is 147 Å². The SMILES string of the molecule is CC/C=C\C/C=C\C/C=C\C/C=C\C/C=C\C/C=C\CCC(=O)NCCNP(=O)(OC)OC[C@@H]1O[C@H](n2ccc(N)nc2=O)CS1. The van der Waals surface area contributed by atoms with Gasteiger partial charge in [0.15, 0.2) is 0 Å². The van der Waals surface area contributed by atoms with E-state index in [2.05, 4.69) is 89.1 Å². The molecule has 1 aromatic rings. The number of ether oxygens (including phenoxy) is 1. The largest absolute Gasteiger partial charge is 0.405 e. The number of hydrogen-bond donors (Lipinski definition) is 3. The van der Waals surface area contributed by atoms with Crippen LogP contribution in [0.1, 0.15) is 64.5 Å². The fourth-order valence-electron chi connectivity index (χ4n) is 3.98. The molecule has 13 heteroatoms. The lowest BCUT2D eigenvalue weighted by Crippen LogP contribution is -2.31. The molecule has 0 radical (unpaired) electrons. The maximum Gasteiger partial charge on any atom is 0.405 e. The number of nitrogen functional groups attached to an aromatic ring is 1. The van der Waals surface area contributed by atoms with Crippen LogP contribution >= 0.6 is 19.5 Å². The number of anilines is 1. The number of amides is 1. The van der Waals surface area contributed by atoms with Gasteiger partial charge in [0.25, 0.3) is 0 Å². The second kappa shape index (κ2) is 24.2. The van der Waals surface area contributed by atoms with Gasteiger partial charge in [-0.15, -0.1) is 11.8 Å². The van der Waals surface area contributed by atoms with Gasteiger partial charge in [0.05, 0.1) is 6.61 Å². The second-order valence-corrected chi connectivity index (χ2v) is 13.2. The van der Waals surface area contributed by atoms with Crippen molar-refractivity contribution in [3.63, 3.8) is 0 Å². The zero-order valence-electron chi connectivity index (χ0n) is 27.0. The van der Waals surface area contributed by atoms with E-state index < -0.39 is 25.1 Å². The molecule has 1 aliphatic rings. The Morgan fingerprint density at radius 3 is 2.17 bits per heavy atom. The molecule has 0 aromatic carbocycles. The number of thioether (sulfide) groups is 1. The highest BCUT2D eigenvalue weighted by Gasteiger charge is 2.31. The van der Waals surface area contributed by atoms with E-state index >= 15 is 0 Å². The number of rotatable bonds is 23. The highest BCUT2D eigenvalue weighted by Crippen LogP contribution is 2.44. The first-order valence-corrected chi connectivity index (χ1v) is 18.3. The number of nitrogens with two attached hydrogens (primary N) is 1. The van der Waals surface area contributed by atoms with Crippen LogP contribution in [-0.4, -0.2) is 53.5 Å². The number of carbonyl (C=O) groups is 1. The molecule has 11 nitrogen and oxygen atoms in total. The van der Waals surface area contributed by atoms with Crippen molar-refractivity contribution >= 4 is 31.2 Å². The Bertz CT molecular complexity index is 1310. The van der Waals surface area contributed by atoms with Gasteiger partial charge < -0.3 is 20.3 Å². The van der Waals surface area contributed by atoms with Crippen molar-refractivity contribution in [1.82, 2.24) is 20.0 Å². The maximum atomic E-state index is 12.9. The highest BCUT2D eigenvalue weighted by atomic mass is 32.2. The number of nitrogens with one attached hydrogen (secondary N) is 2. The summed E-state index contributed by atoms with van der Waals surface area (Å²) in [5.41, 5.74) is 4.58. The Morgan fingerprint density at radius 2 is 1.61 bits per heavy atom. The molecule has 2 heterocycles. The molecule has 0 spiro atoms. The van der Waals surface area contributed by atoms with Crippen molar-refractivity contribution < 1.29 is 23.1 Å². The third kappa shape index (κ3) is 17.6. The minimum atomic E-state index is -3.60. The van der Waals surface area contributed by atoms with Gasteiger partial charge in [-0.1, -0.05) is 79.8 Å². The molecular weight excluding hydrogens is 625 g/mol. The van der Waals surface area contributed by atoms with Crippen molar-refractivity contribution in [3.8, 4) is 0 Å². The first-order valence-electron chi connectivity index (χ1n) is 15.7. The van der Waals surface area contributed by atoms with E-state index in [0.29, 0.717) is 18.6 Å². The molecular formula is C33H50N5O6PS. The van der Waals surface area contributed by atoms with E-state index in [1.165, 1.54) is 35.7 Å². The number of hydrogen-bond acceptors (Lipinski definition) is 9. The Morgan fingerprint density at radius 1 is 1.02 bits per heavy atom. The molecule has 0 aliphatic carbocycles. The fourth-order valence-corrected chi connectivity index (χ4v) is 6.11. The molecule has 1 fully saturated rings. The van der Waals surface area contributed by atoms with Gasteiger partial charge in [0.2, 0.25) is 5.91 Å². The van der Waals surface area contributed by atoms with Crippen LogP contribution in [0.25, 0.3) is 0 Å². The van der Waals surface area contributed by atoms with Crippen LogP contribution in [0.15, 0.2) is 90.0 Å². The van der Waals surface area contributed by atoms with Crippen LogP contribution in [0.3, 0.4) is 0 Å². The Hall–Kier alpha value is -2.99. The van der Waals surface area contributed by atoms with E-state index in [1.54, 1.807) is 0 Å². The summed E-state index contributed by atoms with van der Waals surface area (Å²) in [5.74, 6) is 0.540. The number of carbonyl (C=O) groups excluding carboxylic acids is 1. The lowest BCUT2D eigenvalue weighted by Gasteiger charge is -2.20. The zero-order valence-corrected chi connectivity index (χ0v) is 28.7. The average Bonchev–Trinajstić information content (AvgIpc) is 3.52. The highest BCUT2D eigenvalue weighted by molar-refractivity contribution is 8.00. The Balaban J connectivity index is 1.49. The van der Waals surface area contributed by atoms with Gasteiger partial charge in [-0.2, -0.15) is 4.98 Å². The molecule has 1 saturated heterocycles. The molecule has 3 atom stereocenters. The van der Waals surface area contributed by atoms with Gasteiger partial charge in [-0.3, -0.25) is 13.9 Å². The quantitative estimate of drug-likeness (QED) is 0.0680. The second-order valence-electron chi connectivity index (χ2n) is 10.1. The van der Waals surface area contributed by atoms with Gasteiger partial charge in [-0.25, -0.2) is 14.4 Å². The van der Waals surface area contributed by atoms with Crippen LogP contribution in [0.5, 0.6) is 0 Å². The normalized spacial score (nSPS) is 18.7. The molecule has 46 heavy (non-hydrogen) atoms. The van der Waals surface area contributed by atoms with Crippen LogP contribution < -0.4 is 21.8 Å². The molecule has 0 bridgehead atoms. The lowest BCUT2D eigenvalue weighted by molar-refractivity contribution is -0.120. The lowest BCUT2D eigenvalue weighted by atomic mass is 10.2. The summed E-state index contributed by atoms with van der Waals surface area (Å²) >= 11 is 1.42. The number of aromatic nitrogens is 2. The standard InChI is InChI=1S/C33H50N5O6PS/c1-3-4-5-6-7-8-9-10-11-12-13-14-15-16-17-18-19-20-21-22-30(39)35-24-25-36-45(41,42-2)43-27-32-44-31(28-46-32)38-26-23-29(34)37-33(38)40/h4-5,7-8,10-11,13-14,16-17,19-20,23,26,31-32H,3,6,9,12,15,18,21-22,24-25,27-28H2,1-2H3,(H,35,39)(H,36,41)(H2,34,37,40)/b5-4-,8-7-,11-10-,14-13-,17-16-,20-19-/t31-,32+,45?/m0/s1. The molecule has 2 rings (SSSR count). The van der Waals surface area contributed by atoms with E-state index in [1.807, 2.05) is 6.08 Å². The van der Waals surface area contributed by atoms with Crippen molar-refractivity contribution in [3.05, 3.63) is 95.7 Å². The summed E-state index contributed by atoms with van der Waals surface area (Å²) in [4.78, 5) is 27.8. The summed E-state index contributed by atoms with van der Waals surface area (Å²) in [6.07, 6.45) is 33.5. The van der Waals surface area contributed by atoms with Gasteiger partial charge in [0, 0.05) is 38.6 Å². The van der Waals surface area contributed by atoms with E-state index in [4.69, 9.17) is 19.5 Å². The Labute approximate surface area is 277 Å². The third-order valence-electron chi connectivity index (χ3n) is 6.40. The minimum absolute atomic E-state index is 0.0191. The first-order chi connectivity index (χ1) is 22.4. The zero-order chi connectivity index (χ0) is 33.3. The smallest absolute Gasteiger partial charge is 0.383 e. The first kappa shape index (κ1) is 39.2. The monoisotopic (exact) mass is 675 g/mol. The summed E-state index contributed by atoms with van der Waals surface area (Å²) in [6, 6.07) is 1.52. The van der Waals surface area contributed by atoms with Crippen LogP contribution in [-0.2, 0) is 23.1 Å². The van der Waals surface area contributed by atoms with E-state index in [-0.39, 0.29) is 31.4 Å². The summed E-state index contributed by atoms with van der Waals surface area (Å²) < 4.78 is 30.6. The van der Waals surface area contributed by atoms with Gasteiger partial charge in [-0.05, 0) is 51.0 Å². The molecule has 4 N–H and O–H groups in total. The average molecular weight is 676 g/mol. The predicted molar refractivity (Wildman–Crippen MR) is 188 cm³/mol. The van der Waals surface area contributed by atoms with Crippen molar-refractivity contribution in [2.24, 2.45) is 0 Å². The van der Waals surface area contributed by atoms with Gasteiger partial charge in [0.1, 0.15) is 17.5 Å². The molecule has 1 aliphatic heterocycles. The van der Waals surface area contributed by atoms with Crippen molar-refractivity contribution in [1.29, 1.82) is 0 Å². The van der Waals surface area contributed by atoms with E-state index in [9.17, 15) is 14.2 Å². The molecule has 1 unspecified atom stereocenters. The maximum absolute atomic E-state index is 12.9. The third-order valence-corrected chi connectivity index (χ3v) is 9.08. The van der Waals surface area contributed by atoms with Gasteiger partial charge >= 0.3 is 13.4 Å². The summed E-state index contributed by atoms with van der Waals surface area (Å²) in [5, 5.41) is 5.52. The molecule has 1 amide bonds. The van der Waals surface area contributed by atoms with Crippen LogP contribution in [0, 0.1) is 0 Å². The Kier molecular flexibility index (Phi) is 20.6. The fraction of sp³-hybridized carbons (Fsp3) is 0.485. The van der Waals surface area contributed by atoms with Crippen molar-refractivity contribution in [2.45, 2.75) is 70.0 Å². The predicted octanol–water partition coefficient (Wildman–Crippen LogP) is 6.37. The minimum Gasteiger partial charge on any atom is -0.383 e. The van der Waals surface area contributed by atoms with Crippen LogP contribution in [0.2, 0.25) is 0 Å². The molecule has 1 aromatic heterocycles. The van der Waals surface area contributed by atoms with Crippen molar-refractivity contribution in [2.75, 3.05) is 38.3 Å². The molecule has 0 saturated carbocycles. The van der Waals surface area contributed by atoms with Crippen LogP contribution in [0.4, 0.5) is 5.82 Å². The number of nitrogens with zero attached hydrogens (tertiary/aromatic N) is 2.